The molecule has 1 aromatic heterocycles. The molecule has 3 aliphatic heterocycles. The van der Waals surface area contributed by atoms with Gasteiger partial charge in [0.05, 0.1) is 12.2 Å². The van der Waals surface area contributed by atoms with Crippen molar-refractivity contribution < 1.29 is 14.6 Å². The Morgan fingerprint density at radius 2 is 2.06 bits per heavy atom. The number of ether oxygens (including phenoxy) is 1. The summed E-state index contributed by atoms with van der Waals surface area (Å²) in [4.78, 5) is 32.0. The van der Waals surface area contributed by atoms with Gasteiger partial charge >= 0.3 is 0 Å². The quantitative estimate of drug-likeness (QED) is 0.507. The number of nitrogens with zero attached hydrogens (tertiary/aromatic N) is 6. The number of aryl methyl sites for hydroxylation is 1. The number of hydrazone groups is 1. The molecule has 0 radical (unpaired) electrons. The van der Waals surface area contributed by atoms with E-state index in [4.69, 9.17) is 16.3 Å². The van der Waals surface area contributed by atoms with Gasteiger partial charge in [-0.25, -0.2) is 15.1 Å². The molecule has 164 valence electrons. The van der Waals surface area contributed by atoms with E-state index in [9.17, 15) is 14.9 Å². The number of hydrogen-bond donors (Lipinski definition) is 0. The highest BCUT2D eigenvalue weighted by molar-refractivity contribution is 7.15. The standard InChI is InChI=1S/C11H11NO.C8H10ClN5O3S/c13-10-5-4-8-2-1-3-9-6-7-12(10)11(8)9;1-12-4-17-5-13(8(12)11-14(15)16)3-6-2-10-7(9)18-6/h1-3H,4-7H2;2H,3-5H2,1H3/b;11-8-. The summed E-state index contributed by atoms with van der Waals surface area (Å²) in [5.41, 5.74) is 3.93. The predicted octanol–water partition coefficient (Wildman–Crippen LogP) is 2.55. The number of guanidine groups is 1. The average Bonchev–Trinajstić information content (AvgIpc) is 3.35. The number of thiazole rings is 1. The predicted molar refractivity (Wildman–Crippen MR) is 116 cm³/mol. The minimum Gasteiger partial charge on any atom is -0.341 e. The number of nitro groups is 1. The van der Waals surface area contributed by atoms with Crippen LogP contribution in [0.5, 0.6) is 0 Å². The molecule has 1 amide bonds. The van der Waals surface area contributed by atoms with Gasteiger partial charge in [0, 0.05) is 31.1 Å². The van der Waals surface area contributed by atoms with Gasteiger partial charge in [-0.3, -0.25) is 4.79 Å². The van der Waals surface area contributed by atoms with Crippen molar-refractivity contribution in [3.63, 3.8) is 0 Å². The number of halogens is 1. The number of aromatic nitrogens is 1. The van der Waals surface area contributed by atoms with Crippen LogP contribution in [0.25, 0.3) is 0 Å². The highest BCUT2D eigenvalue weighted by Gasteiger charge is 2.30. The third-order valence-corrected chi connectivity index (χ3v) is 6.29. The number of para-hydroxylation sites is 1. The second-order valence-electron chi connectivity index (χ2n) is 7.30. The van der Waals surface area contributed by atoms with Crippen molar-refractivity contribution in [3.8, 4) is 0 Å². The summed E-state index contributed by atoms with van der Waals surface area (Å²) in [5.74, 6) is 0.563. The Hall–Kier alpha value is -2.76. The summed E-state index contributed by atoms with van der Waals surface area (Å²) in [6.45, 7) is 1.83. The third-order valence-electron chi connectivity index (χ3n) is 5.19. The molecule has 5 rings (SSSR count). The van der Waals surface area contributed by atoms with E-state index in [1.165, 1.54) is 28.2 Å². The van der Waals surface area contributed by atoms with Crippen LogP contribution in [0.4, 0.5) is 5.69 Å². The van der Waals surface area contributed by atoms with E-state index in [0.29, 0.717) is 23.3 Å². The lowest BCUT2D eigenvalue weighted by atomic mass is 10.00. The molecule has 1 fully saturated rings. The Labute approximate surface area is 187 Å². The number of hydrogen-bond acceptors (Lipinski definition) is 6. The maximum absolute atomic E-state index is 11.5. The van der Waals surface area contributed by atoms with Gasteiger partial charge in [0.15, 0.2) is 9.50 Å². The van der Waals surface area contributed by atoms with E-state index in [1.54, 1.807) is 23.0 Å². The molecule has 2 aromatic rings. The highest BCUT2D eigenvalue weighted by Crippen LogP contribution is 2.36. The van der Waals surface area contributed by atoms with Crippen LogP contribution in [0.15, 0.2) is 29.5 Å². The number of rotatable bonds is 3. The molecule has 31 heavy (non-hydrogen) atoms. The number of carbonyl (C=O) groups excluding carboxylic acids is 1. The maximum atomic E-state index is 11.5. The van der Waals surface area contributed by atoms with Crippen LogP contribution in [0.1, 0.15) is 22.4 Å². The van der Waals surface area contributed by atoms with Crippen molar-refractivity contribution in [3.05, 3.63) is 55.0 Å². The normalized spacial score (nSPS) is 18.7. The third kappa shape index (κ3) is 4.78. The van der Waals surface area contributed by atoms with Gasteiger partial charge in [0.1, 0.15) is 18.6 Å². The van der Waals surface area contributed by atoms with Gasteiger partial charge < -0.3 is 19.4 Å². The van der Waals surface area contributed by atoms with Gasteiger partial charge in [-0.15, -0.1) is 11.3 Å². The summed E-state index contributed by atoms with van der Waals surface area (Å²) in [5, 5.41) is 13.2. The zero-order chi connectivity index (χ0) is 22.0. The Kier molecular flexibility index (Phi) is 6.35. The number of amides is 1. The first-order chi connectivity index (χ1) is 14.9. The first-order valence-electron chi connectivity index (χ1n) is 9.70. The fourth-order valence-corrected chi connectivity index (χ4v) is 4.88. The molecule has 0 aliphatic carbocycles. The topological polar surface area (TPSA) is 104 Å². The Bertz CT molecular complexity index is 1030. The maximum Gasteiger partial charge on any atom is 0.277 e. The Morgan fingerprint density at radius 3 is 2.77 bits per heavy atom. The zero-order valence-electron chi connectivity index (χ0n) is 16.9. The van der Waals surface area contributed by atoms with E-state index < -0.39 is 5.03 Å². The number of benzene rings is 1. The lowest BCUT2D eigenvalue weighted by Crippen LogP contribution is -2.49. The summed E-state index contributed by atoms with van der Waals surface area (Å²) in [7, 11) is 1.67. The molecule has 0 atom stereocenters. The molecule has 0 bridgehead atoms. The minimum atomic E-state index is -0.718. The van der Waals surface area contributed by atoms with Crippen molar-refractivity contribution in [1.82, 2.24) is 14.8 Å². The van der Waals surface area contributed by atoms with Crippen LogP contribution >= 0.6 is 22.9 Å². The fourth-order valence-electron chi connectivity index (χ4n) is 3.88. The molecule has 12 heteroatoms. The van der Waals surface area contributed by atoms with Gasteiger partial charge in [-0.1, -0.05) is 29.8 Å². The van der Waals surface area contributed by atoms with E-state index in [-0.39, 0.29) is 19.4 Å². The summed E-state index contributed by atoms with van der Waals surface area (Å²) < 4.78 is 5.72. The number of anilines is 1. The molecule has 3 aliphatic rings. The van der Waals surface area contributed by atoms with E-state index in [2.05, 4.69) is 28.3 Å². The zero-order valence-corrected chi connectivity index (χ0v) is 18.4. The van der Waals surface area contributed by atoms with Gasteiger partial charge in [-0.2, -0.15) is 0 Å². The van der Waals surface area contributed by atoms with Crippen LogP contribution in [-0.4, -0.2) is 58.7 Å². The molecular weight excluding hydrogens is 444 g/mol. The Balaban J connectivity index is 0.000000156. The number of carbonyl (C=O) groups is 1. The lowest BCUT2D eigenvalue weighted by molar-refractivity contribution is -0.486. The van der Waals surface area contributed by atoms with Crippen LogP contribution in [0.3, 0.4) is 0 Å². The summed E-state index contributed by atoms with van der Waals surface area (Å²) in [6.07, 6.45) is 4.29. The SMILES string of the molecule is CN1COCN(Cc2cnc(Cl)s2)/C1=N\[N+](=O)[O-].O=C1CCc2cccc3c2N1CC3. The van der Waals surface area contributed by atoms with E-state index >= 15 is 0 Å². The molecular formula is C19H21ClN6O4S. The average molecular weight is 465 g/mol. The lowest BCUT2D eigenvalue weighted by Gasteiger charge is -2.34. The summed E-state index contributed by atoms with van der Waals surface area (Å²) >= 11 is 7.05. The van der Waals surface area contributed by atoms with Crippen LogP contribution in [0, 0.1) is 10.1 Å². The largest absolute Gasteiger partial charge is 0.341 e. The minimum absolute atomic E-state index is 0.243. The molecule has 1 saturated heterocycles. The monoisotopic (exact) mass is 464 g/mol. The molecule has 0 spiro atoms. The Morgan fingerprint density at radius 1 is 1.29 bits per heavy atom. The fraction of sp³-hybridized carbons (Fsp3) is 0.421. The molecule has 0 unspecified atom stereocenters. The van der Waals surface area contributed by atoms with Crippen molar-refractivity contribution in [1.29, 1.82) is 0 Å². The smallest absolute Gasteiger partial charge is 0.277 e. The summed E-state index contributed by atoms with van der Waals surface area (Å²) in [6, 6.07) is 6.38. The molecule has 4 heterocycles. The van der Waals surface area contributed by atoms with Crippen molar-refractivity contribution in [2.45, 2.75) is 25.8 Å². The molecule has 0 N–H and O–H groups in total. The van der Waals surface area contributed by atoms with E-state index in [1.807, 2.05) is 4.90 Å². The molecule has 1 aromatic carbocycles. The second kappa shape index (κ2) is 9.16. The van der Waals surface area contributed by atoms with Crippen LogP contribution < -0.4 is 4.90 Å². The van der Waals surface area contributed by atoms with Crippen molar-refractivity contribution in [2.24, 2.45) is 5.10 Å². The highest BCUT2D eigenvalue weighted by atomic mass is 35.5. The second-order valence-corrected chi connectivity index (χ2v) is 8.99. The van der Waals surface area contributed by atoms with Crippen LogP contribution in [-0.2, 0) is 28.9 Å². The van der Waals surface area contributed by atoms with E-state index in [0.717, 1.165) is 24.3 Å². The van der Waals surface area contributed by atoms with Gasteiger partial charge in [-0.05, 0) is 24.0 Å². The first-order valence-corrected chi connectivity index (χ1v) is 10.9. The van der Waals surface area contributed by atoms with Crippen molar-refractivity contribution in [2.75, 3.05) is 32.0 Å². The van der Waals surface area contributed by atoms with Crippen molar-refractivity contribution >= 4 is 40.5 Å². The van der Waals surface area contributed by atoms with Crippen LogP contribution in [0.2, 0.25) is 4.47 Å². The van der Waals surface area contributed by atoms with Gasteiger partial charge in [0.2, 0.25) is 5.91 Å². The molecule has 10 nitrogen and oxygen atoms in total. The molecule has 0 saturated carbocycles. The first kappa shape index (κ1) is 21.5. The van der Waals surface area contributed by atoms with Gasteiger partial charge in [0.25, 0.3) is 5.96 Å².